The van der Waals surface area contributed by atoms with Crippen molar-refractivity contribution in [1.82, 2.24) is 4.72 Å². The van der Waals surface area contributed by atoms with Crippen molar-refractivity contribution in [3.05, 3.63) is 47.9 Å². The van der Waals surface area contributed by atoms with Crippen molar-refractivity contribution >= 4 is 15.7 Å². The summed E-state index contributed by atoms with van der Waals surface area (Å²) in [5.41, 5.74) is 6.70. The normalized spacial score (nSPS) is 11.1. The highest BCUT2D eigenvalue weighted by Crippen LogP contribution is 2.19. The van der Waals surface area contributed by atoms with Gasteiger partial charge in [-0.1, -0.05) is 0 Å². The predicted octanol–water partition coefficient (Wildman–Crippen LogP) is 1.21. The summed E-state index contributed by atoms with van der Waals surface area (Å²) in [5.74, 6) is 0. The Balaban J connectivity index is 2.22. The summed E-state index contributed by atoms with van der Waals surface area (Å²) in [5, 5.41) is 8.70. The Morgan fingerprint density at radius 1 is 1.37 bits per heavy atom. The molecule has 0 bridgehead atoms. The second-order valence-electron chi connectivity index (χ2n) is 3.82. The number of hydrogen-bond acceptors (Lipinski definition) is 5. The van der Waals surface area contributed by atoms with Gasteiger partial charge in [-0.2, -0.15) is 5.26 Å². The first kappa shape index (κ1) is 13.1. The van der Waals surface area contributed by atoms with Gasteiger partial charge in [0, 0.05) is 12.1 Å². The number of nitrogens with one attached hydrogen (secondary N) is 1. The molecular weight excluding hydrogens is 266 g/mol. The van der Waals surface area contributed by atoms with Gasteiger partial charge in [0.05, 0.1) is 29.8 Å². The maximum absolute atomic E-state index is 12.0. The lowest BCUT2D eigenvalue weighted by Crippen LogP contribution is -2.24. The first-order chi connectivity index (χ1) is 9.03. The minimum absolute atomic E-state index is 0.0405. The Labute approximate surface area is 110 Å². The zero-order chi connectivity index (χ0) is 13.9. The summed E-state index contributed by atoms with van der Waals surface area (Å²) < 4.78 is 31.3. The van der Waals surface area contributed by atoms with E-state index in [0.717, 1.165) is 0 Å². The first-order valence-corrected chi connectivity index (χ1v) is 6.81. The average molecular weight is 277 g/mol. The summed E-state index contributed by atoms with van der Waals surface area (Å²) in [7, 11) is -3.72. The lowest BCUT2D eigenvalue weighted by atomic mass is 10.2. The Morgan fingerprint density at radius 3 is 2.74 bits per heavy atom. The third kappa shape index (κ3) is 2.93. The molecule has 1 heterocycles. The molecular formula is C12H11N3O3S. The van der Waals surface area contributed by atoms with Crippen molar-refractivity contribution in [2.75, 3.05) is 5.73 Å². The van der Waals surface area contributed by atoms with Crippen LogP contribution in [-0.2, 0) is 16.6 Å². The zero-order valence-electron chi connectivity index (χ0n) is 9.83. The standard InChI is InChI=1S/C12H11N3O3S/c13-6-9-1-2-12(11(14)5-9)19(16,17)15-7-10-3-4-18-8-10/h1-5,8,15H,7,14H2. The van der Waals surface area contributed by atoms with Gasteiger partial charge in [-0.25, -0.2) is 13.1 Å². The molecule has 0 saturated heterocycles. The Bertz CT molecular complexity index is 715. The van der Waals surface area contributed by atoms with Gasteiger partial charge < -0.3 is 10.2 Å². The van der Waals surface area contributed by atoms with Crippen LogP contribution in [0.2, 0.25) is 0 Å². The van der Waals surface area contributed by atoms with Crippen LogP contribution in [0.1, 0.15) is 11.1 Å². The third-order valence-corrected chi connectivity index (χ3v) is 3.95. The van der Waals surface area contributed by atoms with E-state index in [4.69, 9.17) is 15.4 Å². The topological polar surface area (TPSA) is 109 Å². The van der Waals surface area contributed by atoms with E-state index < -0.39 is 10.0 Å². The Kier molecular flexibility index (Phi) is 3.55. The minimum atomic E-state index is -3.72. The molecule has 7 heteroatoms. The Hall–Kier alpha value is -2.30. The molecule has 0 fully saturated rings. The maximum atomic E-state index is 12.0. The van der Waals surface area contributed by atoms with Crippen LogP contribution >= 0.6 is 0 Å². The summed E-state index contributed by atoms with van der Waals surface area (Å²) in [6.45, 7) is 0.109. The van der Waals surface area contributed by atoms with Gasteiger partial charge in [-0.3, -0.25) is 0 Å². The summed E-state index contributed by atoms with van der Waals surface area (Å²) in [6, 6.07) is 7.59. The summed E-state index contributed by atoms with van der Waals surface area (Å²) in [4.78, 5) is -0.0463. The van der Waals surface area contributed by atoms with Gasteiger partial charge in [0.1, 0.15) is 4.90 Å². The lowest BCUT2D eigenvalue weighted by Gasteiger charge is -2.08. The second-order valence-corrected chi connectivity index (χ2v) is 5.56. The van der Waals surface area contributed by atoms with Gasteiger partial charge >= 0.3 is 0 Å². The Morgan fingerprint density at radius 2 is 2.16 bits per heavy atom. The van der Waals surface area contributed by atoms with Crippen molar-refractivity contribution in [2.24, 2.45) is 0 Å². The molecule has 0 atom stereocenters. The molecule has 98 valence electrons. The minimum Gasteiger partial charge on any atom is -0.472 e. The van der Waals surface area contributed by atoms with Crippen LogP contribution in [-0.4, -0.2) is 8.42 Å². The van der Waals surface area contributed by atoms with Crippen LogP contribution in [0.3, 0.4) is 0 Å². The van der Waals surface area contributed by atoms with Gasteiger partial charge in [-0.15, -0.1) is 0 Å². The maximum Gasteiger partial charge on any atom is 0.242 e. The molecule has 2 aromatic rings. The number of anilines is 1. The first-order valence-electron chi connectivity index (χ1n) is 5.33. The predicted molar refractivity (Wildman–Crippen MR) is 68.3 cm³/mol. The number of benzene rings is 1. The fraction of sp³-hybridized carbons (Fsp3) is 0.0833. The SMILES string of the molecule is N#Cc1ccc(S(=O)(=O)NCc2ccoc2)c(N)c1. The largest absolute Gasteiger partial charge is 0.472 e. The van der Waals surface area contributed by atoms with Crippen LogP contribution < -0.4 is 10.5 Å². The molecule has 1 aromatic carbocycles. The van der Waals surface area contributed by atoms with E-state index in [-0.39, 0.29) is 17.1 Å². The number of nitrogen functional groups attached to an aromatic ring is 1. The van der Waals surface area contributed by atoms with E-state index in [1.807, 2.05) is 6.07 Å². The molecule has 3 N–H and O–H groups in total. The van der Waals surface area contributed by atoms with Crippen molar-refractivity contribution in [1.29, 1.82) is 5.26 Å². The van der Waals surface area contributed by atoms with Crippen molar-refractivity contribution in [3.8, 4) is 6.07 Å². The zero-order valence-corrected chi connectivity index (χ0v) is 10.6. The van der Waals surface area contributed by atoms with Gasteiger partial charge in [0.25, 0.3) is 0 Å². The third-order valence-electron chi connectivity index (χ3n) is 2.47. The van der Waals surface area contributed by atoms with Gasteiger partial charge in [-0.05, 0) is 24.3 Å². The molecule has 1 aromatic heterocycles. The number of hydrogen-bond donors (Lipinski definition) is 2. The van der Waals surface area contributed by atoms with E-state index in [0.29, 0.717) is 11.1 Å². The van der Waals surface area contributed by atoms with E-state index >= 15 is 0 Å². The molecule has 0 aliphatic rings. The fourth-order valence-electron chi connectivity index (χ4n) is 1.51. The molecule has 6 nitrogen and oxygen atoms in total. The van der Waals surface area contributed by atoms with Crippen molar-refractivity contribution < 1.29 is 12.8 Å². The van der Waals surface area contributed by atoms with Gasteiger partial charge in [0.2, 0.25) is 10.0 Å². The summed E-state index contributed by atoms with van der Waals surface area (Å²) >= 11 is 0. The molecule has 0 aliphatic carbocycles. The highest BCUT2D eigenvalue weighted by Gasteiger charge is 2.17. The average Bonchev–Trinajstić information content (AvgIpc) is 2.89. The molecule has 0 spiro atoms. The van der Waals surface area contributed by atoms with E-state index in [1.165, 1.54) is 30.7 Å². The van der Waals surface area contributed by atoms with E-state index in [2.05, 4.69) is 4.72 Å². The second kappa shape index (κ2) is 5.14. The monoisotopic (exact) mass is 277 g/mol. The van der Waals surface area contributed by atoms with Crippen LogP contribution in [0.5, 0.6) is 0 Å². The van der Waals surface area contributed by atoms with Crippen LogP contribution in [0.15, 0.2) is 46.1 Å². The van der Waals surface area contributed by atoms with Crippen molar-refractivity contribution in [2.45, 2.75) is 11.4 Å². The molecule has 0 aliphatic heterocycles. The molecule has 0 saturated carbocycles. The van der Waals surface area contributed by atoms with Crippen LogP contribution in [0.25, 0.3) is 0 Å². The van der Waals surface area contributed by atoms with Crippen molar-refractivity contribution in [3.63, 3.8) is 0 Å². The number of furan rings is 1. The molecule has 0 radical (unpaired) electrons. The lowest BCUT2D eigenvalue weighted by molar-refractivity contribution is 0.561. The molecule has 0 amide bonds. The number of nitriles is 1. The molecule has 19 heavy (non-hydrogen) atoms. The number of sulfonamides is 1. The van der Waals surface area contributed by atoms with Crippen LogP contribution in [0, 0.1) is 11.3 Å². The van der Waals surface area contributed by atoms with E-state index in [1.54, 1.807) is 6.07 Å². The number of rotatable bonds is 4. The quantitative estimate of drug-likeness (QED) is 0.816. The molecule has 0 unspecified atom stereocenters. The molecule has 2 rings (SSSR count). The smallest absolute Gasteiger partial charge is 0.242 e. The summed E-state index contributed by atoms with van der Waals surface area (Å²) in [6.07, 6.45) is 2.91. The van der Waals surface area contributed by atoms with Crippen LogP contribution in [0.4, 0.5) is 5.69 Å². The fourth-order valence-corrected chi connectivity index (χ4v) is 2.64. The number of nitrogens with zero attached hydrogens (tertiary/aromatic N) is 1. The number of nitrogens with two attached hydrogens (primary N) is 1. The highest BCUT2D eigenvalue weighted by molar-refractivity contribution is 7.89. The van der Waals surface area contributed by atoms with Gasteiger partial charge in [0.15, 0.2) is 0 Å². The highest BCUT2D eigenvalue weighted by atomic mass is 32.2. The van der Waals surface area contributed by atoms with E-state index in [9.17, 15) is 8.42 Å².